The third-order valence-electron chi connectivity index (χ3n) is 1.20. The summed E-state index contributed by atoms with van der Waals surface area (Å²) in [4.78, 5) is 16.2. The molecule has 0 saturated carbocycles. The lowest BCUT2D eigenvalue weighted by molar-refractivity contribution is -0.177. The Labute approximate surface area is 78.6 Å². The lowest BCUT2D eigenvalue weighted by Gasteiger charge is -2.17. The largest absolute Gasteiger partial charge is 0.272 e. The van der Waals surface area contributed by atoms with Crippen LogP contribution in [0.3, 0.4) is 0 Å². The van der Waals surface area contributed by atoms with Crippen LogP contribution >= 0.6 is 0 Å². The number of rotatable bonds is 6. The number of amides is 1. The molecular formula is C10H13NO2. The SMILES string of the molecule is C#CCON(CC=C)C(=O)CC=C. The lowest BCUT2D eigenvalue weighted by atomic mass is 10.4. The molecule has 0 rings (SSSR count). The van der Waals surface area contributed by atoms with Crippen molar-refractivity contribution in [1.29, 1.82) is 0 Å². The van der Waals surface area contributed by atoms with Crippen molar-refractivity contribution in [3.63, 3.8) is 0 Å². The number of hydrogen-bond acceptors (Lipinski definition) is 2. The van der Waals surface area contributed by atoms with Crippen molar-refractivity contribution in [3.05, 3.63) is 25.3 Å². The van der Waals surface area contributed by atoms with Gasteiger partial charge in [-0.1, -0.05) is 18.1 Å². The maximum atomic E-state index is 11.3. The molecule has 0 aromatic heterocycles. The minimum Gasteiger partial charge on any atom is -0.272 e. The van der Waals surface area contributed by atoms with Crippen molar-refractivity contribution in [3.8, 4) is 12.3 Å². The van der Waals surface area contributed by atoms with E-state index in [1.54, 1.807) is 6.08 Å². The van der Waals surface area contributed by atoms with E-state index in [1.807, 2.05) is 0 Å². The number of nitrogens with zero attached hydrogens (tertiary/aromatic N) is 1. The van der Waals surface area contributed by atoms with E-state index in [2.05, 4.69) is 19.1 Å². The normalized spacial score (nSPS) is 8.54. The summed E-state index contributed by atoms with van der Waals surface area (Å²) < 4.78 is 0. The first-order valence-corrected chi connectivity index (χ1v) is 3.84. The van der Waals surface area contributed by atoms with Gasteiger partial charge in [-0.05, 0) is 0 Å². The topological polar surface area (TPSA) is 29.5 Å². The van der Waals surface area contributed by atoms with Gasteiger partial charge in [0.15, 0.2) is 0 Å². The second-order valence-electron chi connectivity index (χ2n) is 2.21. The third kappa shape index (κ3) is 4.83. The van der Waals surface area contributed by atoms with Crippen molar-refractivity contribution >= 4 is 5.91 Å². The molecular weight excluding hydrogens is 166 g/mol. The zero-order chi connectivity index (χ0) is 10.1. The molecule has 0 aliphatic heterocycles. The quantitative estimate of drug-likeness (QED) is 0.347. The van der Waals surface area contributed by atoms with E-state index in [9.17, 15) is 4.79 Å². The maximum Gasteiger partial charge on any atom is 0.250 e. The zero-order valence-electron chi connectivity index (χ0n) is 7.53. The fraction of sp³-hybridized carbons (Fsp3) is 0.300. The Morgan fingerprint density at radius 1 is 1.54 bits per heavy atom. The van der Waals surface area contributed by atoms with E-state index in [0.717, 1.165) is 0 Å². The fourth-order valence-corrected chi connectivity index (χ4v) is 0.684. The van der Waals surface area contributed by atoms with Crippen LogP contribution < -0.4 is 0 Å². The Balaban J connectivity index is 4.06. The van der Waals surface area contributed by atoms with E-state index in [4.69, 9.17) is 11.3 Å². The Morgan fingerprint density at radius 3 is 2.69 bits per heavy atom. The van der Waals surface area contributed by atoms with E-state index < -0.39 is 0 Å². The highest BCUT2D eigenvalue weighted by atomic mass is 16.7. The Kier molecular flexibility index (Phi) is 6.30. The van der Waals surface area contributed by atoms with Gasteiger partial charge in [0.1, 0.15) is 6.61 Å². The Morgan fingerprint density at radius 2 is 2.23 bits per heavy atom. The summed E-state index contributed by atoms with van der Waals surface area (Å²) in [5.74, 6) is 2.10. The third-order valence-corrected chi connectivity index (χ3v) is 1.20. The molecule has 13 heavy (non-hydrogen) atoms. The standard InChI is InChI=1S/C10H13NO2/c1-4-7-10(12)11(8-5-2)13-9-6-3/h3-5H,1-2,7-9H2. The van der Waals surface area contributed by atoms with Gasteiger partial charge in [0, 0.05) is 6.42 Å². The fourth-order valence-electron chi connectivity index (χ4n) is 0.684. The summed E-state index contributed by atoms with van der Waals surface area (Å²) in [6, 6.07) is 0. The van der Waals surface area contributed by atoms with Crippen LogP contribution in [0.4, 0.5) is 0 Å². The maximum absolute atomic E-state index is 11.3. The number of hydrogen-bond donors (Lipinski definition) is 0. The van der Waals surface area contributed by atoms with Crippen molar-refractivity contribution in [2.45, 2.75) is 6.42 Å². The molecule has 70 valence electrons. The van der Waals surface area contributed by atoms with E-state index in [-0.39, 0.29) is 18.9 Å². The number of carbonyl (C=O) groups is 1. The molecule has 0 bridgehead atoms. The zero-order valence-corrected chi connectivity index (χ0v) is 7.53. The Bertz CT molecular complexity index is 228. The molecule has 0 radical (unpaired) electrons. The minimum absolute atomic E-state index is 0.0801. The van der Waals surface area contributed by atoms with Gasteiger partial charge < -0.3 is 0 Å². The molecule has 0 atom stereocenters. The molecule has 0 N–H and O–H groups in total. The minimum atomic E-state index is -0.176. The monoisotopic (exact) mass is 179 g/mol. The molecule has 0 saturated heterocycles. The highest BCUT2D eigenvalue weighted by Crippen LogP contribution is 1.96. The van der Waals surface area contributed by atoms with Gasteiger partial charge >= 0.3 is 0 Å². The molecule has 0 unspecified atom stereocenters. The van der Waals surface area contributed by atoms with Crippen molar-refractivity contribution in [1.82, 2.24) is 5.06 Å². The number of carbonyl (C=O) groups excluding carboxylic acids is 1. The van der Waals surface area contributed by atoms with Crippen LogP contribution in [-0.2, 0) is 9.63 Å². The summed E-state index contributed by atoms with van der Waals surface area (Å²) >= 11 is 0. The van der Waals surface area contributed by atoms with Gasteiger partial charge in [-0.15, -0.1) is 19.6 Å². The molecule has 0 spiro atoms. The first kappa shape index (κ1) is 11.5. The van der Waals surface area contributed by atoms with Gasteiger partial charge in [-0.3, -0.25) is 9.63 Å². The van der Waals surface area contributed by atoms with E-state index in [1.165, 1.54) is 11.1 Å². The predicted octanol–water partition coefficient (Wildman–Crippen LogP) is 1.14. The number of hydroxylamine groups is 2. The molecule has 0 aromatic carbocycles. The molecule has 1 amide bonds. The lowest BCUT2D eigenvalue weighted by Crippen LogP contribution is -2.30. The van der Waals surface area contributed by atoms with Crippen LogP contribution in [0.15, 0.2) is 25.3 Å². The van der Waals surface area contributed by atoms with Crippen LogP contribution in [0.5, 0.6) is 0 Å². The molecule has 3 heteroatoms. The summed E-state index contributed by atoms with van der Waals surface area (Å²) in [5, 5.41) is 1.18. The van der Waals surface area contributed by atoms with E-state index in [0.29, 0.717) is 6.54 Å². The summed E-state index contributed by atoms with van der Waals surface area (Å²) in [6.45, 7) is 7.36. The molecule has 0 fully saturated rings. The van der Waals surface area contributed by atoms with Gasteiger partial charge in [0.25, 0.3) is 0 Å². The highest BCUT2D eigenvalue weighted by molar-refractivity contribution is 5.76. The Hall–Kier alpha value is -1.53. The van der Waals surface area contributed by atoms with Gasteiger partial charge in [-0.25, -0.2) is 5.06 Å². The van der Waals surface area contributed by atoms with Crippen LogP contribution in [0.2, 0.25) is 0 Å². The first-order valence-electron chi connectivity index (χ1n) is 3.84. The molecule has 0 aliphatic rings. The van der Waals surface area contributed by atoms with Crippen molar-refractivity contribution in [2.24, 2.45) is 0 Å². The predicted molar refractivity (Wildman–Crippen MR) is 51.5 cm³/mol. The number of terminal acetylenes is 1. The van der Waals surface area contributed by atoms with Crippen molar-refractivity contribution < 1.29 is 9.63 Å². The molecule has 3 nitrogen and oxygen atoms in total. The smallest absolute Gasteiger partial charge is 0.250 e. The van der Waals surface area contributed by atoms with Crippen LogP contribution in [-0.4, -0.2) is 24.1 Å². The molecule has 0 aliphatic carbocycles. The van der Waals surface area contributed by atoms with Crippen LogP contribution in [0.1, 0.15) is 6.42 Å². The van der Waals surface area contributed by atoms with Gasteiger partial charge in [-0.2, -0.15) is 0 Å². The molecule has 0 heterocycles. The van der Waals surface area contributed by atoms with E-state index >= 15 is 0 Å². The average Bonchev–Trinajstić information content (AvgIpc) is 2.12. The van der Waals surface area contributed by atoms with Gasteiger partial charge in [0.2, 0.25) is 5.91 Å². The first-order chi connectivity index (χ1) is 6.26. The van der Waals surface area contributed by atoms with Gasteiger partial charge in [0.05, 0.1) is 6.54 Å². The van der Waals surface area contributed by atoms with Crippen molar-refractivity contribution in [2.75, 3.05) is 13.2 Å². The highest BCUT2D eigenvalue weighted by Gasteiger charge is 2.09. The summed E-state index contributed by atoms with van der Waals surface area (Å²) in [5.41, 5.74) is 0. The summed E-state index contributed by atoms with van der Waals surface area (Å²) in [7, 11) is 0. The van der Waals surface area contributed by atoms with Crippen LogP contribution in [0.25, 0.3) is 0 Å². The average molecular weight is 179 g/mol. The molecule has 0 aromatic rings. The van der Waals surface area contributed by atoms with Crippen LogP contribution in [0, 0.1) is 12.3 Å². The second-order valence-corrected chi connectivity index (χ2v) is 2.21. The summed E-state index contributed by atoms with van der Waals surface area (Å²) in [6.07, 6.45) is 8.30. The second kappa shape index (κ2) is 7.14.